The van der Waals surface area contributed by atoms with Crippen molar-refractivity contribution in [3.63, 3.8) is 0 Å². The third-order valence-corrected chi connectivity index (χ3v) is 1.44. The Hall–Kier alpha value is -1.46. The van der Waals surface area contributed by atoms with Crippen LogP contribution < -0.4 is 10.1 Å². The highest BCUT2D eigenvalue weighted by Crippen LogP contribution is 2.06. The summed E-state index contributed by atoms with van der Waals surface area (Å²) < 4.78 is 5.35. The zero-order chi connectivity index (χ0) is 9.36. The Balaban J connectivity index is 2.25. The molecule has 0 unspecified atom stereocenters. The van der Waals surface area contributed by atoms with Crippen molar-refractivity contribution in [3.8, 4) is 17.6 Å². The van der Waals surface area contributed by atoms with Gasteiger partial charge in [0.15, 0.2) is 0 Å². The van der Waals surface area contributed by atoms with Gasteiger partial charge in [-0.05, 0) is 19.2 Å². The summed E-state index contributed by atoms with van der Waals surface area (Å²) in [6.07, 6.45) is 0. The van der Waals surface area contributed by atoms with E-state index in [-0.39, 0.29) is 0 Å². The molecule has 0 amide bonds. The van der Waals surface area contributed by atoms with E-state index in [9.17, 15) is 0 Å². The van der Waals surface area contributed by atoms with Crippen LogP contribution in [0, 0.1) is 11.8 Å². The van der Waals surface area contributed by atoms with Crippen LogP contribution in [-0.4, -0.2) is 20.2 Å². The van der Waals surface area contributed by atoms with Crippen molar-refractivity contribution in [2.24, 2.45) is 0 Å². The summed E-state index contributed by atoms with van der Waals surface area (Å²) >= 11 is 0. The monoisotopic (exact) mass is 175 g/mol. The van der Waals surface area contributed by atoms with Crippen molar-refractivity contribution in [2.45, 2.75) is 0 Å². The molecule has 0 fully saturated rings. The molecule has 0 bridgehead atoms. The quantitative estimate of drug-likeness (QED) is 0.699. The predicted octanol–water partition coefficient (Wildman–Crippen LogP) is 1.29. The number of hydrogen-bond acceptors (Lipinski definition) is 2. The SMILES string of the molecule is CNCC#CCOc1ccccc1. The normalized spacial score (nSPS) is 8.69. The lowest BCUT2D eigenvalue weighted by atomic mass is 10.3. The molecule has 0 saturated heterocycles. The molecule has 1 aromatic carbocycles. The van der Waals surface area contributed by atoms with E-state index in [1.54, 1.807) is 0 Å². The first-order chi connectivity index (χ1) is 6.43. The highest BCUT2D eigenvalue weighted by atomic mass is 16.5. The van der Waals surface area contributed by atoms with Gasteiger partial charge in [-0.1, -0.05) is 30.0 Å². The number of nitrogens with one attached hydrogen (secondary N) is 1. The van der Waals surface area contributed by atoms with Crippen LogP contribution >= 0.6 is 0 Å². The second-order valence-electron chi connectivity index (χ2n) is 2.49. The number of ether oxygens (including phenoxy) is 1. The molecule has 0 aromatic heterocycles. The Labute approximate surface area is 78.9 Å². The molecule has 2 nitrogen and oxygen atoms in total. The lowest BCUT2D eigenvalue weighted by Crippen LogP contribution is -2.05. The number of hydrogen-bond donors (Lipinski definition) is 1. The van der Waals surface area contributed by atoms with E-state index >= 15 is 0 Å². The molecule has 0 radical (unpaired) electrons. The summed E-state index contributed by atoms with van der Waals surface area (Å²) in [5.74, 6) is 6.68. The van der Waals surface area contributed by atoms with Gasteiger partial charge < -0.3 is 10.1 Å². The number of rotatable bonds is 3. The second-order valence-corrected chi connectivity index (χ2v) is 2.49. The summed E-state index contributed by atoms with van der Waals surface area (Å²) in [7, 11) is 1.87. The number of para-hydroxylation sites is 1. The van der Waals surface area contributed by atoms with Gasteiger partial charge in [-0.2, -0.15) is 0 Å². The fourth-order valence-corrected chi connectivity index (χ4v) is 0.838. The Kier molecular flexibility index (Phi) is 4.52. The summed E-state index contributed by atoms with van der Waals surface area (Å²) in [5, 5.41) is 2.94. The molecule has 2 heteroatoms. The van der Waals surface area contributed by atoms with E-state index in [1.165, 1.54) is 0 Å². The van der Waals surface area contributed by atoms with Gasteiger partial charge in [0, 0.05) is 0 Å². The fourth-order valence-electron chi connectivity index (χ4n) is 0.838. The van der Waals surface area contributed by atoms with Crippen LogP contribution in [0.1, 0.15) is 0 Å². The average Bonchev–Trinajstić information content (AvgIpc) is 2.19. The minimum atomic E-state index is 0.450. The van der Waals surface area contributed by atoms with Crippen molar-refractivity contribution in [3.05, 3.63) is 30.3 Å². The van der Waals surface area contributed by atoms with Crippen LogP contribution in [0.15, 0.2) is 30.3 Å². The maximum absolute atomic E-state index is 5.35. The third kappa shape index (κ3) is 4.19. The Bertz CT molecular complexity index is 284. The molecule has 68 valence electrons. The minimum absolute atomic E-state index is 0.450. The molecule has 1 rings (SSSR count). The fraction of sp³-hybridized carbons (Fsp3) is 0.273. The van der Waals surface area contributed by atoms with Gasteiger partial charge in [-0.3, -0.25) is 0 Å². The van der Waals surface area contributed by atoms with Gasteiger partial charge in [0.1, 0.15) is 12.4 Å². The number of benzene rings is 1. The zero-order valence-corrected chi connectivity index (χ0v) is 7.71. The molecule has 0 spiro atoms. The van der Waals surface area contributed by atoms with Crippen LogP contribution in [0.5, 0.6) is 5.75 Å². The van der Waals surface area contributed by atoms with Crippen LogP contribution in [0.4, 0.5) is 0 Å². The molecular weight excluding hydrogens is 162 g/mol. The summed E-state index contributed by atoms with van der Waals surface area (Å²) in [6, 6.07) is 9.67. The van der Waals surface area contributed by atoms with Crippen LogP contribution in [0.2, 0.25) is 0 Å². The standard InChI is InChI=1S/C11H13NO/c1-12-9-5-6-10-13-11-7-3-2-4-8-11/h2-4,7-8,12H,9-10H2,1H3. The summed E-state index contributed by atoms with van der Waals surface area (Å²) in [5.41, 5.74) is 0. The van der Waals surface area contributed by atoms with Gasteiger partial charge in [0.05, 0.1) is 6.54 Å². The van der Waals surface area contributed by atoms with E-state index in [4.69, 9.17) is 4.74 Å². The van der Waals surface area contributed by atoms with Gasteiger partial charge in [0.25, 0.3) is 0 Å². The Morgan fingerprint density at radius 3 is 2.69 bits per heavy atom. The largest absolute Gasteiger partial charge is 0.481 e. The van der Waals surface area contributed by atoms with E-state index in [2.05, 4.69) is 17.2 Å². The maximum atomic E-state index is 5.35. The molecule has 0 saturated carbocycles. The zero-order valence-electron chi connectivity index (χ0n) is 7.71. The molecule has 0 atom stereocenters. The third-order valence-electron chi connectivity index (χ3n) is 1.44. The molecule has 0 aliphatic carbocycles. The van der Waals surface area contributed by atoms with E-state index in [1.807, 2.05) is 37.4 Å². The lowest BCUT2D eigenvalue weighted by Gasteiger charge is -1.99. The van der Waals surface area contributed by atoms with Crippen molar-refractivity contribution in [2.75, 3.05) is 20.2 Å². The Morgan fingerprint density at radius 2 is 2.00 bits per heavy atom. The summed E-state index contributed by atoms with van der Waals surface area (Å²) in [6.45, 7) is 1.16. The van der Waals surface area contributed by atoms with Crippen molar-refractivity contribution < 1.29 is 4.74 Å². The smallest absolute Gasteiger partial charge is 0.149 e. The van der Waals surface area contributed by atoms with Crippen molar-refractivity contribution in [1.29, 1.82) is 0 Å². The van der Waals surface area contributed by atoms with Gasteiger partial charge in [-0.25, -0.2) is 0 Å². The van der Waals surface area contributed by atoms with Crippen LogP contribution in [0.3, 0.4) is 0 Å². The van der Waals surface area contributed by atoms with E-state index in [0.717, 1.165) is 5.75 Å². The topological polar surface area (TPSA) is 21.3 Å². The van der Waals surface area contributed by atoms with E-state index in [0.29, 0.717) is 13.2 Å². The summed E-state index contributed by atoms with van der Waals surface area (Å²) in [4.78, 5) is 0. The lowest BCUT2D eigenvalue weighted by molar-refractivity contribution is 0.370. The highest BCUT2D eigenvalue weighted by molar-refractivity contribution is 5.21. The van der Waals surface area contributed by atoms with Crippen LogP contribution in [0.25, 0.3) is 0 Å². The molecule has 13 heavy (non-hydrogen) atoms. The Morgan fingerprint density at radius 1 is 1.23 bits per heavy atom. The first-order valence-electron chi connectivity index (χ1n) is 4.21. The first kappa shape index (κ1) is 9.63. The van der Waals surface area contributed by atoms with Crippen molar-refractivity contribution in [1.82, 2.24) is 5.32 Å². The van der Waals surface area contributed by atoms with Crippen molar-refractivity contribution >= 4 is 0 Å². The first-order valence-corrected chi connectivity index (χ1v) is 4.21. The maximum Gasteiger partial charge on any atom is 0.149 e. The van der Waals surface area contributed by atoms with Gasteiger partial charge in [-0.15, -0.1) is 0 Å². The minimum Gasteiger partial charge on any atom is -0.481 e. The molecule has 0 aliphatic heterocycles. The van der Waals surface area contributed by atoms with E-state index < -0.39 is 0 Å². The molecule has 1 aromatic rings. The predicted molar refractivity (Wildman–Crippen MR) is 53.6 cm³/mol. The van der Waals surface area contributed by atoms with Gasteiger partial charge in [0.2, 0.25) is 0 Å². The van der Waals surface area contributed by atoms with Gasteiger partial charge >= 0.3 is 0 Å². The molecule has 0 heterocycles. The molecular formula is C11H13NO. The van der Waals surface area contributed by atoms with Crippen LogP contribution in [-0.2, 0) is 0 Å². The second kappa shape index (κ2) is 6.10. The molecule has 0 aliphatic rings. The highest BCUT2D eigenvalue weighted by Gasteiger charge is 1.85. The molecule has 1 N–H and O–H groups in total. The average molecular weight is 175 g/mol.